The fraction of sp³-hybridized carbons (Fsp3) is 0.421. The minimum absolute atomic E-state index is 0.268. The van der Waals surface area contributed by atoms with Gasteiger partial charge in [0.1, 0.15) is 0 Å². The Kier molecular flexibility index (Phi) is 6.45. The first-order chi connectivity index (χ1) is 18.4. The Morgan fingerprint density at radius 1 is 0.325 bits per heavy atom. The molecular formula is C38H46N2. The number of nitrogens with zero attached hydrogens (tertiary/aromatic N) is 2. The van der Waals surface area contributed by atoms with Crippen molar-refractivity contribution in [3.05, 3.63) is 128 Å². The minimum atomic E-state index is -0.268. The molecule has 0 fully saturated rings. The summed E-state index contributed by atoms with van der Waals surface area (Å²) in [4.78, 5) is 10.9. The first-order valence-electron chi connectivity index (χ1n) is 14.7. The topological polar surface area (TPSA) is 25.8 Å². The SMILES string of the molecule is Cc1cc2cc(c1)C(C)(C)c1cc(C)cc(n1)C(C)(C)c1cc(C)cc(c1)C(C)(C)c1cc(C)cc(n1)C2(C)C. The second-order valence-corrected chi connectivity index (χ2v) is 14.5. The second kappa shape index (κ2) is 9.13. The van der Waals surface area contributed by atoms with Gasteiger partial charge in [0.15, 0.2) is 0 Å². The highest BCUT2D eigenvalue weighted by molar-refractivity contribution is 5.49. The Balaban J connectivity index is 1.92. The zero-order chi connectivity index (χ0) is 29.4. The summed E-state index contributed by atoms with van der Waals surface area (Å²) in [5, 5.41) is 0. The molecule has 8 bridgehead atoms. The molecule has 2 heteroatoms. The maximum atomic E-state index is 5.43. The molecule has 40 heavy (non-hydrogen) atoms. The molecule has 0 atom stereocenters. The number of pyridine rings is 2. The van der Waals surface area contributed by atoms with Crippen LogP contribution in [0, 0.1) is 27.7 Å². The molecule has 1 aliphatic rings. The average Bonchev–Trinajstić information content (AvgIpc) is 2.86. The molecule has 208 valence electrons. The van der Waals surface area contributed by atoms with Crippen LogP contribution in [0.15, 0.2) is 60.7 Å². The number of rotatable bonds is 0. The van der Waals surface area contributed by atoms with Gasteiger partial charge in [0, 0.05) is 21.7 Å². The lowest BCUT2D eigenvalue weighted by Gasteiger charge is -2.35. The summed E-state index contributed by atoms with van der Waals surface area (Å²) in [6.45, 7) is 27.4. The highest BCUT2D eigenvalue weighted by Crippen LogP contribution is 2.42. The lowest BCUT2D eigenvalue weighted by atomic mass is 9.72. The number of benzene rings is 2. The number of fused-ring (bicyclic) bond motifs is 8. The van der Waals surface area contributed by atoms with Crippen LogP contribution < -0.4 is 0 Å². The Bertz CT molecular complexity index is 1290. The molecule has 2 aromatic carbocycles. The molecule has 5 rings (SSSR count). The van der Waals surface area contributed by atoms with E-state index in [0.29, 0.717) is 0 Å². The van der Waals surface area contributed by atoms with E-state index >= 15 is 0 Å². The van der Waals surface area contributed by atoms with Gasteiger partial charge in [-0.15, -0.1) is 0 Å². The van der Waals surface area contributed by atoms with Crippen molar-refractivity contribution < 1.29 is 0 Å². The Labute approximate surface area is 242 Å². The van der Waals surface area contributed by atoms with Crippen LogP contribution in [0.4, 0.5) is 0 Å². The molecule has 3 heterocycles. The smallest absolute Gasteiger partial charge is 0.0510 e. The number of aryl methyl sites for hydroxylation is 4. The zero-order valence-corrected chi connectivity index (χ0v) is 26.7. The Morgan fingerprint density at radius 2 is 0.525 bits per heavy atom. The molecule has 0 aliphatic carbocycles. The van der Waals surface area contributed by atoms with Crippen LogP contribution >= 0.6 is 0 Å². The van der Waals surface area contributed by atoms with Gasteiger partial charge in [-0.3, -0.25) is 9.97 Å². The van der Waals surface area contributed by atoms with E-state index in [1.54, 1.807) is 0 Å². The molecule has 4 aromatic rings. The van der Waals surface area contributed by atoms with Crippen molar-refractivity contribution in [2.75, 3.05) is 0 Å². The summed E-state index contributed by atoms with van der Waals surface area (Å²) in [6, 6.07) is 23.2. The molecule has 0 spiro atoms. The molecule has 2 aromatic heterocycles. The molecule has 0 amide bonds. The third-order valence-corrected chi connectivity index (χ3v) is 9.54. The van der Waals surface area contributed by atoms with Crippen LogP contribution in [0.3, 0.4) is 0 Å². The predicted molar refractivity (Wildman–Crippen MR) is 169 cm³/mol. The van der Waals surface area contributed by atoms with E-state index in [0.717, 1.165) is 22.8 Å². The van der Waals surface area contributed by atoms with Crippen molar-refractivity contribution in [1.29, 1.82) is 0 Å². The van der Waals surface area contributed by atoms with Crippen LogP contribution in [0.2, 0.25) is 0 Å². The maximum Gasteiger partial charge on any atom is 0.0510 e. The molecular weight excluding hydrogens is 484 g/mol. The van der Waals surface area contributed by atoms with E-state index in [-0.39, 0.29) is 21.7 Å². The lowest BCUT2D eigenvalue weighted by molar-refractivity contribution is 0.554. The third-order valence-electron chi connectivity index (χ3n) is 9.54. The van der Waals surface area contributed by atoms with Gasteiger partial charge >= 0.3 is 0 Å². The first-order valence-corrected chi connectivity index (χ1v) is 14.7. The quantitative estimate of drug-likeness (QED) is 0.226. The van der Waals surface area contributed by atoms with Crippen molar-refractivity contribution in [3.63, 3.8) is 0 Å². The van der Waals surface area contributed by atoms with Crippen LogP contribution in [0.1, 0.15) is 123 Å². The predicted octanol–water partition coefficient (Wildman–Crippen LogP) is 9.33. The van der Waals surface area contributed by atoms with Crippen LogP contribution in [-0.2, 0) is 21.7 Å². The van der Waals surface area contributed by atoms with E-state index < -0.39 is 0 Å². The van der Waals surface area contributed by atoms with Gasteiger partial charge in [-0.2, -0.15) is 0 Å². The zero-order valence-electron chi connectivity index (χ0n) is 26.7. The van der Waals surface area contributed by atoms with E-state index in [1.807, 2.05) is 0 Å². The van der Waals surface area contributed by atoms with Crippen LogP contribution in [0.5, 0.6) is 0 Å². The standard InChI is InChI=1S/C38H46N2/c1-23-13-27-21-28(14-23)36(7,8)32-18-26(4)20-34(40-32)38(11,12)30-16-24(2)15-29(22-30)37(9,10)33-19-25(3)17-31(39-33)35(27,5)6/h13-22H,1-12H3. The fourth-order valence-corrected chi connectivity index (χ4v) is 6.22. The minimum Gasteiger partial charge on any atom is -0.256 e. The molecule has 0 radical (unpaired) electrons. The summed E-state index contributed by atoms with van der Waals surface area (Å²) >= 11 is 0. The van der Waals surface area contributed by atoms with E-state index in [2.05, 4.69) is 144 Å². The molecule has 0 saturated carbocycles. The Morgan fingerprint density at radius 3 is 0.750 bits per heavy atom. The molecule has 0 saturated heterocycles. The van der Waals surface area contributed by atoms with Crippen molar-refractivity contribution in [3.8, 4) is 0 Å². The van der Waals surface area contributed by atoms with Gasteiger partial charge in [0.25, 0.3) is 0 Å². The summed E-state index contributed by atoms with van der Waals surface area (Å²) in [5.41, 5.74) is 13.6. The first kappa shape index (κ1) is 28.3. The van der Waals surface area contributed by atoms with Gasteiger partial charge in [-0.1, -0.05) is 103 Å². The van der Waals surface area contributed by atoms with Crippen molar-refractivity contribution in [2.45, 2.75) is 105 Å². The summed E-state index contributed by atoms with van der Waals surface area (Å²) in [6.07, 6.45) is 0. The van der Waals surface area contributed by atoms with Crippen molar-refractivity contribution in [2.24, 2.45) is 0 Å². The molecule has 0 unspecified atom stereocenters. The monoisotopic (exact) mass is 530 g/mol. The van der Waals surface area contributed by atoms with E-state index in [9.17, 15) is 0 Å². The van der Waals surface area contributed by atoms with E-state index in [1.165, 1.54) is 44.5 Å². The fourth-order valence-electron chi connectivity index (χ4n) is 6.22. The number of aromatic nitrogens is 2. The second-order valence-electron chi connectivity index (χ2n) is 14.5. The largest absolute Gasteiger partial charge is 0.256 e. The maximum absolute atomic E-state index is 5.43. The lowest BCUT2D eigenvalue weighted by Crippen LogP contribution is -2.30. The van der Waals surface area contributed by atoms with Crippen molar-refractivity contribution >= 4 is 0 Å². The molecule has 2 nitrogen and oxygen atoms in total. The van der Waals surface area contributed by atoms with Gasteiger partial charge in [0.2, 0.25) is 0 Å². The molecule has 1 aliphatic heterocycles. The number of hydrogen-bond donors (Lipinski definition) is 0. The molecule has 0 N–H and O–H groups in total. The summed E-state index contributed by atoms with van der Waals surface area (Å²) < 4.78 is 0. The third kappa shape index (κ3) is 4.60. The number of hydrogen-bond acceptors (Lipinski definition) is 2. The Hall–Kier alpha value is -3.26. The summed E-state index contributed by atoms with van der Waals surface area (Å²) in [5.74, 6) is 0. The van der Waals surface area contributed by atoms with Gasteiger partial charge in [-0.25, -0.2) is 0 Å². The van der Waals surface area contributed by atoms with Gasteiger partial charge in [-0.05, 0) is 85.3 Å². The normalized spacial score (nSPS) is 18.3. The van der Waals surface area contributed by atoms with E-state index in [4.69, 9.17) is 9.97 Å². The van der Waals surface area contributed by atoms with Gasteiger partial charge < -0.3 is 0 Å². The highest BCUT2D eigenvalue weighted by atomic mass is 14.8. The van der Waals surface area contributed by atoms with Crippen LogP contribution in [-0.4, -0.2) is 9.97 Å². The average molecular weight is 531 g/mol. The van der Waals surface area contributed by atoms with Crippen molar-refractivity contribution in [1.82, 2.24) is 9.97 Å². The summed E-state index contributed by atoms with van der Waals surface area (Å²) in [7, 11) is 0. The highest BCUT2D eigenvalue weighted by Gasteiger charge is 2.35. The van der Waals surface area contributed by atoms with Crippen LogP contribution in [0.25, 0.3) is 0 Å². The van der Waals surface area contributed by atoms with Gasteiger partial charge in [0.05, 0.1) is 22.8 Å².